The van der Waals surface area contributed by atoms with Gasteiger partial charge < -0.3 is 19.1 Å². The van der Waals surface area contributed by atoms with Crippen molar-refractivity contribution in [1.29, 1.82) is 0 Å². The summed E-state index contributed by atoms with van der Waals surface area (Å²) in [6, 6.07) is 14.7. The Kier molecular flexibility index (Phi) is 5.02. The van der Waals surface area contributed by atoms with Crippen LogP contribution in [0.4, 0.5) is 4.79 Å². The molecule has 1 aliphatic carbocycles. The second kappa shape index (κ2) is 7.49. The number of nitrogens with zero attached hydrogens (tertiary/aromatic N) is 1. The van der Waals surface area contributed by atoms with Gasteiger partial charge in [0.15, 0.2) is 5.79 Å². The minimum atomic E-state index is -0.483. The zero-order chi connectivity index (χ0) is 21.7. The van der Waals surface area contributed by atoms with E-state index in [4.69, 9.17) is 14.2 Å². The largest absolute Gasteiger partial charge is 0.443 e. The third-order valence-electron chi connectivity index (χ3n) is 7.45. The number of ether oxygens (including phenoxy) is 3. The molecule has 1 saturated carbocycles. The summed E-state index contributed by atoms with van der Waals surface area (Å²) in [5, 5.41) is 2.41. The van der Waals surface area contributed by atoms with E-state index in [2.05, 4.69) is 51.1 Å². The number of benzene rings is 2. The summed E-state index contributed by atoms with van der Waals surface area (Å²) in [6.07, 6.45) is 3.84. The van der Waals surface area contributed by atoms with Crippen molar-refractivity contribution in [3.63, 3.8) is 0 Å². The maximum absolute atomic E-state index is 13.0. The van der Waals surface area contributed by atoms with E-state index < -0.39 is 5.79 Å². The predicted octanol–water partition coefficient (Wildman–Crippen LogP) is 5.83. The average molecular weight is 424 g/mol. The van der Waals surface area contributed by atoms with Gasteiger partial charge in [-0.2, -0.15) is 0 Å². The first kappa shape index (κ1) is 20.8. The fraction of sp³-hybridized carbons (Fsp3) is 0.577. The second-order valence-electron chi connectivity index (χ2n) is 10.4. The number of hydrogen-bond donors (Lipinski definition) is 0. The Labute approximate surface area is 184 Å². The Bertz CT molecular complexity index is 964. The van der Waals surface area contributed by atoms with E-state index in [1.807, 2.05) is 17.0 Å². The third kappa shape index (κ3) is 3.94. The molecule has 1 unspecified atom stereocenters. The Hall–Kier alpha value is -2.11. The van der Waals surface area contributed by atoms with Gasteiger partial charge in [-0.1, -0.05) is 50.2 Å². The van der Waals surface area contributed by atoms with Crippen LogP contribution >= 0.6 is 0 Å². The maximum Gasteiger partial charge on any atom is 0.410 e. The van der Waals surface area contributed by atoms with Crippen molar-refractivity contribution in [2.24, 2.45) is 5.41 Å². The molecular formula is C26H33NO4. The molecule has 31 heavy (non-hydrogen) atoms. The van der Waals surface area contributed by atoms with Gasteiger partial charge in [-0.15, -0.1) is 0 Å². The minimum Gasteiger partial charge on any atom is -0.443 e. The molecule has 3 aliphatic rings. The molecule has 0 N–H and O–H groups in total. The lowest BCUT2D eigenvalue weighted by molar-refractivity contribution is -0.320. The lowest BCUT2D eigenvalue weighted by Gasteiger charge is -2.51. The van der Waals surface area contributed by atoms with Gasteiger partial charge in [0, 0.05) is 31.2 Å². The van der Waals surface area contributed by atoms with Gasteiger partial charge in [0.2, 0.25) is 0 Å². The second-order valence-corrected chi connectivity index (χ2v) is 10.4. The van der Waals surface area contributed by atoms with Gasteiger partial charge in [0.05, 0.1) is 19.3 Å². The molecular weight excluding hydrogens is 390 g/mol. The average Bonchev–Trinajstić information content (AvgIpc) is 2.77. The highest BCUT2D eigenvalue weighted by molar-refractivity contribution is 5.83. The molecule has 2 aromatic carbocycles. The smallest absolute Gasteiger partial charge is 0.410 e. The van der Waals surface area contributed by atoms with Crippen molar-refractivity contribution in [2.45, 2.75) is 70.3 Å². The van der Waals surface area contributed by atoms with Crippen molar-refractivity contribution in [1.82, 2.24) is 4.90 Å². The SMILES string of the molecule is CC(c1ccc2ccccc2c1)N1CCC2(CCC3(CC2)OCC(C)(C)CO3)OC1=O. The van der Waals surface area contributed by atoms with Crippen LogP contribution < -0.4 is 0 Å². The van der Waals surface area contributed by atoms with Gasteiger partial charge in [-0.05, 0) is 42.2 Å². The van der Waals surface area contributed by atoms with E-state index in [9.17, 15) is 4.79 Å². The first-order chi connectivity index (χ1) is 14.8. The molecule has 5 heteroatoms. The Morgan fingerprint density at radius 1 is 0.903 bits per heavy atom. The molecule has 1 atom stereocenters. The van der Waals surface area contributed by atoms with E-state index in [1.165, 1.54) is 10.8 Å². The summed E-state index contributed by atoms with van der Waals surface area (Å²) >= 11 is 0. The summed E-state index contributed by atoms with van der Waals surface area (Å²) < 4.78 is 18.4. The van der Waals surface area contributed by atoms with E-state index in [0.717, 1.165) is 50.9 Å². The molecule has 2 heterocycles. The van der Waals surface area contributed by atoms with Crippen molar-refractivity contribution in [2.75, 3.05) is 19.8 Å². The first-order valence-corrected chi connectivity index (χ1v) is 11.6. The van der Waals surface area contributed by atoms with Crippen LogP contribution in [0.3, 0.4) is 0 Å². The van der Waals surface area contributed by atoms with Gasteiger partial charge in [0.1, 0.15) is 5.60 Å². The highest BCUT2D eigenvalue weighted by Gasteiger charge is 2.51. The normalized spacial score (nSPS) is 25.5. The van der Waals surface area contributed by atoms with Gasteiger partial charge in [-0.3, -0.25) is 0 Å². The molecule has 0 aromatic heterocycles. The van der Waals surface area contributed by atoms with Crippen molar-refractivity contribution < 1.29 is 19.0 Å². The minimum absolute atomic E-state index is 0.0170. The molecule has 2 aliphatic heterocycles. The molecule has 3 fully saturated rings. The molecule has 166 valence electrons. The number of hydrogen-bond acceptors (Lipinski definition) is 4. The van der Waals surface area contributed by atoms with Crippen molar-refractivity contribution >= 4 is 16.9 Å². The number of amides is 1. The van der Waals surface area contributed by atoms with Gasteiger partial charge >= 0.3 is 6.09 Å². The van der Waals surface area contributed by atoms with Crippen LogP contribution in [0.5, 0.6) is 0 Å². The van der Waals surface area contributed by atoms with Crippen LogP contribution in [0, 0.1) is 5.41 Å². The van der Waals surface area contributed by atoms with E-state index >= 15 is 0 Å². The number of fused-ring (bicyclic) bond motifs is 1. The van der Waals surface area contributed by atoms with Gasteiger partial charge in [0.25, 0.3) is 0 Å². The summed E-state index contributed by atoms with van der Waals surface area (Å²) in [5.41, 5.74) is 0.833. The Morgan fingerprint density at radius 3 is 2.26 bits per heavy atom. The molecule has 1 amide bonds. The van der Waals surface area contributed by atoms with Crippen LogP contribution in [0.1, 0.15) is 64.5 Å². The van der Waals surface area contributed by atoms with Crippen LogP contribution in [-0.4, -0.2) is 42.1 Å². The topological polar surface area (TPSA) is 48.0 Å². The maximum atomic E-state index is 13.0. The monoisotopic (exact) mass is 423 g/mol. The molecule has 2 aromatic rings. The quantitative estimate of drug-likeness (QED) is 0.610. The standard InChI is InChI=1S/C26H33NO4/c1-19(21-9-8-20-6-4-5-7-22(20)16-21)27-15-14-25(31-23(27)28)10-12-26(13-11-25)29-17-24(2,3)18-30-26/h4-9,16,19H,10-15,17-18H2,1-3H3. The van der Waals surface area contributed by atoms with Gasteiger partial charge in [-0.25, -0.2) is 4.79 Å². The molecule has 5 nitrogen and oxygen atoms in total. The first-order valence-electron chi connectivity index (χ1n) is 11.6. The van der Waals surface area contributed by atoms with Crippen LogP contribution in [0.2, 0.25) is 0 Å². The summed E-state index contributed by atoms with van der Waals surface area (Å²) in [7, 11) is 0. The fourth-order valence-corrected chi connectivity index (χ4v) is 5.17. The van der Waals surface area contributed by atoms with E-state index in [-0.39, 0.29) is 23.2 Å². The lowest BCUT2D eigenvalue weighted by atomic mass is 9.77. The molecule has 2 spiro atoms. The molecule has 0 bridgehead atoms. The van der Waals surface area contributed by atoms with Crippen LogP contribution in [0.15, 0.2) is 42.5 Å². The van der Waals surface area contributed by atoms with Crippen molar-refractivity contribution in [3.05, 3.63) is 48.0 Å². The highest BCUT2D eigenvalue weighted by atomic mass is 16.7. The predicted molar refractivity (Wildman–Crippen MR) is 120 cm³/mol. The highest BCUT2D eigenvalue weighted by Crippen LogP contribution is 2.47. The number of rotatable bonds is 2. The van der Waals surface area contributed by atoms with Crippen molar-refractivity contribution in [3.8, 4) is 0 Å². The fourth-order valence-electron chi connectivity index (χ4n) is 5.17. The lowest BCUT2D eigenvalue weighted by Crippen LogP contribution is -2.56. The molecule has 2 saturated heterocycles. The summed E-state index contributed by atoms with van der Waals surface area (Å²) in [4.78, 5) is 14.9. The summed E-state index contributed by atoms with van der Waals surface area (Å²) in [6.45, 7) is 8.57. The Morgan fingerprint density at radius 2 is 1.58 bits per heavy atom. The number of carbonyl (C=O) groups excluding carboxylic acids is 1. The Balaban J connectivity index is 1.24. The summed E-state index contributed by atoms with van der Waals surface area (Å²) in [5.74, 6) is -0.483. The van der Waals surface area contributed by atoms with E-state index in [0.29, 0.717) is 6.54 Å². The number of carbonyl (C=O) groups is 1. The zero-order valence-corrected chi connectivity index (χ0v) is 18.9. The van der Waals surface area contributed by atoms with Crippen LogP contribution in [0.25, 0.3) is 10.8 Å². The molecule has 0 radical (unpaired) electrons. The van der Waals surface area contributed by atoms with Crippen LogP contribution in [-0.2, 0) is 14.2 Å². The van der Waals surface area contributed by atoms with E-state index in [1.54, 1.807) is 0 Å². The third-order valence-corrected chi connectivity index (χ3v) is 7.45. The molecule has 5 rings (SSSR count). The zero-order valence-electron chi connectivity index (χ0n) is 18.9.